The first-order valence-electron chi connectivity index (χ1n) is 9.10. The van der Waals surface area contributed by atoms with E-state index in [2.05, 4.69) is 4.90 Å². The molecule has 0 N–H and O–H groups in total. The van der Waals surface area contributed by atoms with Gasteiger partial charge in [-0.05, 0) is 31.1 Å². The van der Waals surface area contributed by atoms with E-state index >= 15 is 0 Å². The van der Waals surface area contributed by atoms with Gasteiger partial charge in [0.05, 0.1) is 0 Å². The third-order valence-corrected chi connectivity index (χ3v) is 5.53. The molecule has 3 rings (SSSR count). The van der Waals surface area contributed by atoms with E-state index in [-0.39, 0.29) is 11.7 Å². The largest absolute Gasteiger partial charge is 0.342 e. The summed E-state index contributed by atoms with van der Waals surface area (Å²) in [4.78, 5) is 26.5. The highest BCUT2D eigenvalue weighted by Gasteiger charge is 2.32. The van der Waals surface area contributed by atoms with Crippen molar-refractivity contribution in [3.8, 4) is 0 Å². The molecule has 1 aliphatic carbocycles. The van der Waals surface area contributed by atoms with Crippen LogP contribution in [0.15, 0.2) is 30.3 Å². The molecule has 2 atom stereocenters. The van der Waals surface area contributed by atoms with Gasteiger partial charge in [0.1, 0.15) is 0 Å². The minimum absolute atomic E-state index is 0.143. The number of hydrogen-bond acceptors (Lipinski definition) is 2. The summed E-state index contributed by atoms with van der Waals surface area (Å²) in [5.74, 6) is 1.97. The van der Waals surface area contributed by atoms with Crippen molar-refractivity contribution in [2.45, 2.75) is 51.4 Å². The van der Waals surface area contributed by atoms with Crippen molar-refractivity contribution in [2.24, 2.45) is 11.8 Å². The fourth-order valence-corrected chi connectivity index (χ4v) is 4.15. The van der Waals surface area contributed by atoms with Crippen molar-refractivity contribution in [1.29, 1.82) is 0 Å². The van der Waals surface area contributed by atoms with Gasteiger partial charge in [-0.1, -0.05) is 49.6 Å². The Morgan fingerprint density at radius 2 is 1.70 bits per heavy atom. The van der Waals surface area contributed by atoms with E-state index in [0.29, 0.717) is 19.3 Å². The normalized spacial score (nSPS) is 24.1. The number of fused-ring (bicyclic) bond motifs is 1. The van der Waals surface area contributed by atoms with Gasteiger partial charge in [-0.25, -0.2) is 0 Å². The SMILES string of the molecule is O=C(CCCC(=O)N1CCC2CCCCC2C1)c1ccccc1. The summed E-state index contributed by atoms with van der Waals surface area (Å²) in [5.41, 5.74) is 0.753. The Kier molecular flexibility index (Phi) is 5.47. The Bertz CT molecular complexity index is 540. The number of carbonyl (C=O) groups excluding carboxylic acids is 2. The van der Waals surface area contributed by atoms with Crippen LogP contribution in [0.3, 0.4) is 0 Å². The number of benzene rings is 1. The number of amides is 1. The van der Waals surface area contributed by atoms with Crippen LogP contribution in [0.5, 0.6) is 0 Å². The van der Waals surface area contributed by atoms with E-state index in [4.69, 9.17) is 0 Å². The van der Waals surface area contributed by atoms with E-state index in [9.17, 15) is 9.59 Å². The minimum Gasteiger partial charge on any atom is -0.342 e. The lowest BCUT2D eigenvalue weighted by Gasteiger charge is -2.41. The second kappa shape index (κ2) is 7.76. The summed E-state index contributed by atoms with van der Waals surface area (Å²) in [6.45, 7) is 1.88. The van der Waals surface area contributed by atoms with Gasteiger partial charge >= 0.3 is 0 Å². The molecule has 2 fully saturated rings. The molecule has 2 aliphatic rings. The molecular formula is C20H27NO2. The van der Waals surface area contributed by atoms with Gasteiger partial charge in [0.2, 0.25) is 5.91 Å². The van der Waals surface area contributed by atoms with Gasteiger partial charge in [0.15, 0.2) is 5.78 Å². The maximum Gasteiger partial charge on any atom is 0.222 e. The van der Waals surface area contributed by atoms with Crippen molar-refractivity contribution in [3.05, 3.63) is 35.9 Å². The van der Waals surface area contributed by atoms with Crippen molar-refractivity contribution in [1.82, 2.24) is 4.90 Å². The van der Waals surface area contributed by atoms with E-state index in [1.165, 1.54) is 32.1 Å². The third kappa shape index (κ3) is 4.21. The molecule has 1 aromatic rings. The molecule has 1 aliphatic heterocycles. The van der Waals surface area contributed by atoms with Crippen LogP contribution in [0.4, 0.5) is 0 Å². The number of Topliss-reactive ketones (excluding diaryl/α,β-unsaturated/α-hetero) is 1. The lowest BCUT2D eigenvalue weighted by Crippen LogP contribution is -2.44. The fraction of sp³-hybridized carbons (Fsp3) is 0.600. The molecule has 3 nitrogen and oxygen atoms in total. The van der Waals surface area contributed by atoms with Crippen molar-refractivity contribution in [3.63, 3.8) is 0 Å². The van der Waals surface area contributed by atoms with Gasteiger partial charge in [-0.2, -0.15) is 0 Å². The Morgan fingerprint density at radius 1 is 0.957 bits per heavy atom. The molecule has 1 heterocycles. The minimum atomic E-state index is 0.143. The van der Waals surface area contributed by atoms with Crippen LogP contribution in [-0.2, 0) is 4.79 Å². The van der Waals surface area contributed by atoms with Crippen molar-refractivity contribution >= 4 is 11.7 Å². The first-order chi connectivity index (χ1) is 11.2. The van der Waals surface area contributed by atoms with Crippen LogP contribution in [0.1, 0.15) is 61.7 Å². The number of hydrogen-bond donors (Lipinski definition) is 0. The first kappa shape index (κ1) is 16.2. The summed E-state index contributed by atoms with van der Waals surface area (Å²) in [6.07, 6.45) is 8.17. The number of likely N-dealkylation sites (tertiary alicyclic amines) is 1. The molecule has 23 heavy (non-hydrogen) atoms. The van der Waals surface area contributed by atoms with Crippen LogP contribution in [0, 0.1) is 11.8 Å². The number of nitrogens with zero attached hydrogens (tertiary/aromatic N) is 1. The zero-order valence-electron chi connectivity index (χ0n) is 13.9. The zero-order valence-corrected chi connectivity index (χ0v) is 13.9. The van der Waals surface area contributed by atoms with Crippen LogP contribution in [0.25, 0.3) is 0 Å². The van der Waals surface area contributed by atoms with Crippen LogP contribution >= 0.6 is 0 Å². The Morgan fingerprint density at radius 3 is 2.48 bits per heavy atom. The third-order valence-electron chi connectivity index (χ3n) is 5.53. The first-order valence-corrected chi connectivity index (χ1v) is 9.10. The summed E-state index contributed by atoms with van der Waals surface area (Å²) in [7, 11) is 0. The molecule has 2 unspecified atom stereocenters. The predicted molar refractivity (Wildman–Crippen MR) is 91.3 cm³/mol. The average molecular weight is 313 g/mol. The second-order valence-corrected chi connectivity index (χ2v) is 7.08. The van der Waals surface area contributed by atoms with E-state index < -0.39 is 0 Å². The summed E-state index contributed by atoms with van der Waals surface area (Å²) < 4.78 is 0. The zero-order chi connectivity index (χ0) is 16.1. The second-order valence-electron chi connectivity index (χ2n) is 7.08. The Hall–Kier alpha value is -1.64. The molecular weight excluding hydrogens is 286 g/mol. The molecule has 1 saturated heterocycles. The predicted octanol–water partition coefficient (Wildman–Crippen LogP) is 4.08. The van der Waals surface area contributed by atoms with Gasteiger partial charge in [0, 0.05) is 31.5 Å². The highest BCUT2D eigenvalue weighted by Crippen LogP contribution is 2.36. The lowest BCUT2D eigenvalue weighted by atomic mass is 9.75. The molecule has 3 heteroatoms. The summed E-state index contributed by atoms with van der Waals surface area (Å²) in [6, 6.07) is 9.37. The molecule has 1 amide bonds. The van der Waals surface area contributed by atoms with Crippen LogP contribution < -0.4 is 0 Å². The molecule has 0 radical (unpaired) electrons. The van der Waals surface area contributed by atoms with Gasteiger partial charge < -0.3 is 4.90 Å². The number of ketones is 1. The molecule has 0 aromatic heterocycles. The smallest absolute Gasteiger partial charge is 0.222 e. The maximum absolute atomic E-state index is 12.4. The highest BCUT2D eigenvalue weighted by atomic mass is 16.2. The Balaban J connectivity index is 1.42. The van der Waals surface area contributed by atoms with Crippen molar-refractivity contribution < 1.29 is 9.59 Å². The van der Waals surface area contributed by atoms with E-state index in [1.807, 2.05) is 30.3 Å². The highest BCUT2D eigenvalue weighted by molar-refractivity contribution is 5.96. The van der Waals surface area contributed by atoms with E-state index in [0.717, 1.165) is 30.5 Å². The molecule has 124 valence electrons. The molecule has 0 bridgehead atoms. The van der Waals surface area contributed by atoms with Gasteiger partial charge in [0.25, 0.3) is 0 Å². The summed E-state index contributed by atoms with van der Waals surface area (Å²) >= 11 is 0. The fourth-order valence-electron chi connectivity index (χ4n) is 4.15. The van der Waals surface area contributed by atoms with Crippen molar-refractivity contribution in [2.75, 3.05) is 13.1 Å². The van der Waals surface area contributed by atoms with E-state index in [1.54, 1.807) is 0 Å². The van der Waals surface area contributed by atoms with Gasteiger partial charge in [-0.3, -0.25) is 9.59 Å². The number of rotatable bonds is 5. The summed E-state index contributed by atoms with van der Waals surface area (Å²) in [5, 5.41) is 0. The van der Waals surface area contributed by atoms with Crippen LogP contribution in [0.2, 0.25) is 0 Å². The number of carbonyl (C=O) groups is 2. The number of piperidine rings is 1. The molecule has 1 saturated carbocycles. The maximum atomic E-state index is 12.4. The monoisotopic (exact) mass is 313 g/mol. The lowest BCUT2D eigenvalue weighted by molar-refractivity contribution is -0.134. The average Bonchev–Trinajstić information content (AvgIpc) is 2.61. The van der Waals surface area contributed by atoms with Crippen LogP contribution in [-0.4, -0.2) is 29.7 Å². The quantitative estimate of drug-likeness (QED) is 0.768. The standard InChI is InChI=1S/C20H27NO2/c22-19(17-8-2-1-3-9-17)11-6-12-20(23)21-14-13-16-7-4-5-10-18(16)15-21/h1-3,8-9,16,18H,4-7,10-15H2. The van der Waals surface area contributed by atoms with Gasteiger partial charge in [-0.15, -0.1) is 0 Å². The molecule has 0 spiro atoms. The topological polar surface area (TPSA) is 37.4 Å². The molecule has 1 aromatic carbocycles. The Labute approximate surface area is 139 Å².